The third kappa shape index (κ3) is 5.53. The molecule has 0 amide bonds. The number of rotatable bonds is 8. The van der Waals surface area contributed by atoms with Gasteiger partial charge in [-0.1, -0.05) is 0 Å². The topological polar surface area (TPSA) is 74.5 Å². The summed E-state index contributed by atoms with van der Waals surface area (Å²) in [5.74, 6) is 1.62. The first kappa shape index (κ1) is 21.1. The second kappa shape index (κ2) is 9.80. The van der Waals surface area contributed by atoms with Crippen molar-refractivity contribution in [2.24, 2.45) is 0 Å². The Morgan fingerprint density at radius 2 is 1.84 bits per heavy atom. The average Bonchev–Trinajstić information content (AvgIpc) is 3.45. The fourth-order valence-electron chi connectivity index (χ4n) is 2.78. The van der Waals surface area contributed by atoms with Gasteiger partial charge in [0.15, 0.2) is 0 Å². The van der Waals surface area contributed by atoms with Gasteiger partial charge in [0.05, 0.1) is 23.4 Å². The van der Waals surface area contributed by atoms with Gasteiger partial charge >= 0.3 is 5.97 Å². The van der Waals surface area contributed by atoms with Crippen molar-refractivity contribution >= 4 is 29.1 Å². The van der Waals surface area contributed by atoms with Gasteiger partial charge in [-0.3, -0.25) is 0 Å². The molecule has 4 aromatic rings. The van der Waals surface area contributed by atoms with Crippen LogP contribution in [0.1, 0.15) is 26.8 Å². The molecule has 4 rings (SSSR count). The van der Waals surface area contributed by atoms with Gasteiger partial charge in [-0.15, -0.1) is 23.1 Å². The molecule has 0 N–H and O–H groups in total. The summed E-state index contributed by atoms with van der Waals surface area (Å²) in [6, 6.07) is 14.7. The molecule has 2 heterocycles. The number of methoxy groups -OCH3 is 1. The smallest absolute Gasteiger partial charge is 0.338 e. The van der Waals surface area contributed by atoms with Crippen molar-refractivity contribution < 1.29 is 18.7 Å². The van der Waals surface area contributed by atoms with Crippen molar-refractivity contribution in [1.29, 1.82) is 0 Å². The second-order valence-electron chi connectivity index (χ2n) is 6.62. The number of aryl methyl sites for hydroxylation is 1. The number of oxazole rings is 1. The Morgan fingerprint density at radius 3 is 2.52 bits per heavy atom. The summed E-state index contributed by atoms with van der Waals surface area (Å²) < 4.78 is 16.0. The van der Waals surface area contributed by atoms with E-state index in [4.69, 9.17) is 13.9 Å². The molecule has 158 valence electrons. The average molecular weight is 453 g/mol. The molecule has 0 bridgehead atoms. The van der Waals surface area contributed by atoms with E-state index in [1.54, 1.807) is 42.3 Å². The molecular formula is C23H20N2O4S2. The number of aromatic nitrogens is 2. The lowest BCUT2D eigenvalue weighted by molar-refractivity contribution is 0.0467. The molecule has 0 fully saturated rings. The summed E-state index contributed by atoms with van der Waals surface area (Å²) in [7, 11) is 1.61. The lowest BCUT2D eigenvalue weighted by atomic mass is 10.2. The number of carbonyl (C=O) groups is 1. The maximum atomic E-state index is 12.3. The molecule has 0 aliphatic heterocycles. The lowest BCUT2D eigenvalue weighted by Crippen LogP contribution is -2.05. The van der Waals surface area contributed by atoms with Gasteiger partial charge in [0.2, 0.25) is 5.89 Å². The van der Waals surface area contributed by atoms with Crippen LogP contribution in [0.4, 0.5) is 0 Å². The van der Waals surface area contributed by atoms with E-state index >= 15 is 0 Å². The molecule has 0 radical (unpaired) electrons. The van der Waals surface area contributed by atoms with E-state index in [-0.39, 0.29) is 6.61 Å². The summed E-state index contributed by atoms with van der Waals surface area (Å²) in [4.78, 5) is 22.3. The summed E-state index contributed by atoms with van der Waals surface area (Å²) in [6.07, 6.45) is 1.49. The second-order valence-corrected chi connectivity index (χ2v) is 8.73. The quantitative estimate of drug-likeness (QED) is 0.248. The highest BCUT2D eigenvalue weighted by Crippen LogP contribution is 2.25. The normalized spacial score (nSPS) is 10.8. The lowest BCUT2D eigenvalue weighted by Gasteiger charge is -2.04. The van der Waals surface area contributed by atoms with Crippen molar-refractivity contribution in [3.8, 4) is 17.2 Å². The Morgan fingerprint density at radius 1 is 1.06 bits per heavy atom. The number of nitrogens with zero attached hydrogens (tertiary/aromatic N) is 2. The molecule has 2 aromatic heterocycles. The number of hydrogen-bond donors (Lipinski definition) is 0. The first-order chi connectivity index (χ1) is 15.1. The number of thioether (sulfide) groups is 1. The van der Waals surface area contributed by atoms with Crippen molar-refractivity contribution in [3.05, 3.63) is 82.1 Å². The maximum absolute atomic E-state index is 12.3. The van der Waals surface area contributed by atoms with Crippen LogP contribution in [0, 0.1) is 6.92 Å². The van der Waals surface area contributed by atoms with Crippen LogP contribution in [0.3, 0.4) is 0 Å². The Bertz CT molecular complexity index is 1150. The maximum Gasteiger partial charge on any atom is 0.338 e. The largest absolute Gasteiger partial charge is 0.497 e. The molecule has 6 nitrogen and oxygen atoms in total. The Balaban J connectivity index is 1.29. The van der Waals surface area contributed by atoms with Gasteiger partial charge < -0.3 is 13.9 Å². The van der Waals surface area contributed by atoms with Crippen LogP contribution >= 0.6 is 23.1 Å². The van der Waals surface area contributed by atoms with Crippen molar-refractivity contribution in [1.82, 2.24) is 9.97 Å². The number of hydrogen-bond acceptors (Lipinski definition) is 8. The SMILES string of the molecule is COc1ccc(-c2nc(COC(=O)c3ccc(SCc4csc(C)n4)cc3)co2)cc1. The highest BCUT2D eigenvalue weighted by Gasteiger charge is 2.11. The number of carbonyl (C=O) groups excluding carboxylic acids is 1. The van der Waals surface area contributed by atoms with Crippen LogP contribution in [0.25, 0.3) is 11.5 Å². The van der Waals surface area contributed by atoms with E-state index in [1.165, 1.54) is 6.26 Å². The summed E-state index contributed by atoms with van der Waals surface area (Å²) in [6.45, 7) is 2.04. The van der Waals surface area contributed by atoms with E-state index in [2.05, 4.69) is 15.3 Å². The van der Waals surface area contributed by atoms with E-state index < -0.39 is 5.97 Å². The molecule has 8 heteroatoms. The third-order valence-electron chi connectivity index (χ3n) is 4.38. The van der Waals surface area contributed by atoms with Crippen LogP contribution in [-0.4, -0.2) is 23.0 Å². The molecule has 31 heavy (non-hydrogen) atoms. The van der Waals surface area contributed by atoms with Crippen molar-refractivity contribution in [3.63, 3.8) is 0 Å². The number of ether oxygens (including phenoxy) is 2. The van der Waals surface area contributed by atoms with E-state index in [1.807, 2.05) is 43.3 Å². The zero-order valence-electron chi connectivity index (χ0n) is 17.0. The first-order valence-corrected chi connectivity index (χ1v) is 11.4. The molecule has 0 atom stereocenters. The van der Waals surface area contributed by atoms with Gasteiger partial charge in [0, 0.05) is 21.6 Å². The minimum Gasteiger partial charge on any atom is -0.497 e. The molecule has 2 aromatic carbocycles. The number of thiazole rings is 1. The predicted molar refractivity (Wildman–Crippen MR) is 120 cm³/mol. The molecule has 0 spiro atoms. The number of benzene rings is 2. The van der Waals surface area contributed by atoms with Gasteiger partial charge in [-0.05, 0) is 55.5 Å². The zero-order chi connectivity index (χ0) is 21.6. The minimum absolute atomic E-state index is 0.0398. The molecular weight excluding hydrogens is 432 g/mol. The van der Waals surface area contributed by atoms with Crippen LogP contribution < -0.4 is 4.74 Å². The highest BCUT2D eigenvalue weighted by atomic mass is 32.2. The molecule has 0 aliphatic rings. The molecule has 0 unspecified atom stereocenters. The Labute approximate surface area is 188 Å². The van der Waals surface area contributed by atoms with Gasteiger partial charge in [-0.25, -0.2) is 14.8 Å². The Kier molecular flexibility index (Phi) is 6.69. The van der Waals surface area contributed by atoms with Gasteiger partial charge in [0.25, 0.3) is 0 Å². The van der Waals surface area contributed by atoms with E-state index in [0.29, 0.717) is 17.1 Å². The van der Waals surface area contributed by atoms with E-state index in [0.717, 1.165) is 32.7 Å². The van der Waals surface area contributed by atoms with E-state index in [9.17, 15) is 4.79 Å². The summed E-state index contributed by atoms with van der Waals surface area (Å²) in [5, 5.41) is 3.13. The molecule has 0 saturated heterocycles. The standard InChI is InChI=1S/C23H20N2O4S2/c1-15-24-19(13-30-15)14-31-21-9-5-17(6-10-21)23(26)29-12-18-11-28-22(25-18)16-3-7-20(27-2)8-4-16/h3-11,13H,12,14H2,1-2H3. The minimum atomic E-state index is -0.402. The van der Waals surface area contributed by atoms with Crippen LogP contribution in [0.2, 0.25) is 0 Å². The van der Waals surface area contributed by atoms with Gasteiger partial charge in [0.1, 0.15) is 24.3 Å². The fourth-order valence-corrected chi connectivity index (χ4v) is 4.29. The van der Waals surface area contributed by atoms with Gasteiger partial charge in [-0.2, -0.15) is 0 Å². The van der Waals surface area contributed by atoms with Crippen molar-refractivity contribution in [2.75, 3.05) is 7.11 Å². The van der Waals surface area contributed by atoms with Crippen LogP contribution in [0.15, 0.2) is 69.5 Å². The predicted octanol–water partition coefficient (Wildman–Crippen LogP) is 5.76. The number of esters is 1. The Hall–Kier alpha value is -3.10. The van der Waals surface area contributed by atoms with Crippen LogP contribution in [-0.2, 0) is 17.1 Å². The first-order valence-electron chi connectivity index (χ1n) is 9.50. The summed E-state index contributed by atoms with van der Waals surface area (Å²) >= 11 is 3.33. The third-order valence-corrected chi connectivity index (χ3v) is 6.25. The zero-order valence-corrected chi connectivity index (χ0v) is 18.7. The summed E-state index contributed by atoms with van der Waals surface area (Å²) in [5.41, 5.74) is 2.93. The fraction of sp³-hybridized carbons (Fsp3) is 0.174. The molecule has 0 aliphatic carbocycles. The highest BCUT2D eigenvalue weighted by molar-refractivity contribution is 7.98. The monoisotopic (exact) mass is 452 g/mol. The van der Waals surface area contributed by atoms with Crippen LogP contribution in [0.5, 0.6) is 5.75 Å². The molecule has 0 saturated carbocycles. The van der Waals surface area contributed by atoms with Crippen molar-refractivity contribution in [2.45, 2.75) is 24.2 Å².